The van der Waals surface area contributed by atoms with E-state index < -0.39 is 17.3 Å². The summed E-state index contributed by atoms with van der Waals surface area (Å²) in [7, 11) is 0. The number of benzene rings is 1. The van der Waals surface area contributed by atoms with Crippen LogP contribution in [0.15, 0.2) is 29.4 Å². The summed E-state index contributed by atoms with van der Waals surface area (Å²) in [4.78, 5) is 11.4. The second-order valence-electron chi connectivity index (χ2n) is 3.55. The standard InChI is InChI=1S/C11H13NO4S/c1-8-3-5-10(6-4-8)11(9(2)13)7-12-16-17(14)15/h3-7,11H,1-2H3,(H,14,15). The van der Waals surface area contributed by atoms with Gasteiger partial charge in [-0.05, 0) is 19.4 Å². The molecule has 0 aromatic heterocycles. The zero-order valence-corrected chi connectivity index (χ0v) is 10.3. The number of carbonyl (C=O) groups is 1. The number of aryl methyl sites for hydroxylation is 1. The van der Waals surface area contributed by atoms with E-state index >= 15 is 0 Å². The first kappa shape index (κ1) is 13.5. The SMILES string of the molecule is CC(=O)C(C=NOS(=O)O)c1ccc(C)cc1. The highest BCUT2D eigenvalue weighted by atomic mass is 32.2. The van der Waals surface area contributed by atoms with Gasteiger partial charge in [0, 0.05) is 0 Å². The molecule has 0 aliphatic carbocycles. The summed E-state index contributed by atoms with van der Waals surface area (Å²) in [6.07, 6.45) is 1.21. The van der Waals surface area contributed by atoms with E-state index in [1.165, 1.54) is 13.1 Å². The summed E-state index contributed by atoms with van der Waals surface area (Å²) in [6.45, 7) is 3.37. The van der Waals surface area contributed by atoms with Crippen molar-refractivity contribution in [1.29, 1.82) is 0 Å². The van der Waals surface area contributed by atoms with E-state index in [1.807, 2.05) is 31.2 Å². The molecule has 1 rings (SSSR count). The molecule has 92 valence electrons. The van der Waals surface area contributed by atoms with E-state index in [1.54, 1.807) is 0 Å². The van der Waals surface area contributed by atoms with Gasteiger partial charge in [-0.3, -0.25) is 13.6 Å². The molecule has 5 nitrogen and oxygen atoms in total. The van der Waals surface area contributed by atoms with Crippen molar-refractivity contribution in [3.05, 3.63) is 35.4 Å². The van der Waals surface area contributed by atoms with Crippen LogP contribution in [0.1, 0.15) is 24.0 Å². The molecule has 0 aliphatic rings. The maximum Gasteiger partial charge on any atom is 0.378 e. The normalized spacial score (nSPS) is 14.5. The molecule has 0 saturated carbocycles. The fraction of sp³-hybridized carbons (Fsp3) is 0.273. The highest BCUT2D eigenvalue weighted by Crippen LogP contribution is 2.15. The molecule has 0 fully saturated rings. The smallest absolute Gasteiger partial charge is 0.299 e. The van der Waals surface area contributed by atoms with Crippen LogP contribution in [0, 0.1) is 6.92 Å². The predicted octanol–water partition coefficient (Wildman–Crippen LogP) is 1.81. The Morgan fingerprint density at radius 3 is 2.53 bits per heavy atom. The summed E-state index contributed by atoms with van der Waals surface area (Å²) in [5.41, 5.74) is 1.85. The monoisotopic (exact) mass is 255 g/mol. The summed E-state index contributed by atoms with van der Waals surface area (Å²) in [6, 6.07) is 7.38. The fourth-order valence-electron chi connectivity index (χ4n) is 1.32. The van der Waals surface area contributed by atoms with Crippen molar-refractivity contribution in [1.82, 2.24) is 0 Å². The summed E-state index contributed by atoms with van der Waals surface area (Å²) in [5, 5.41) is 3.30. The molecule has 1 aromatic rings. The molecular weight excluding hydrogens is 242 g/mol. The van der Waals surface area contributed by atoms with Crippen molar-refractivity contribution >= 4 is 23.4 Å². The predicted molar refractivity (Wildman–Crippen MR) is 64.9 cm³/mol. The van der Waals surface area contributed by atoms with E-state index in [4.69, 9.17) is 4.55 Å². The molecule has 2 unspecified atom stereocenters. The van der Waals surface area contributed by atoms with Crippen molar-refractivity contribution < 1.29 is 17.8 Å². The second kappa shape index (κ2) is 6.27. The first-order valence-electron chi connectivity index (χ1n) is 4.89. The third-order valence-corrected chi connectivity index (χ3v) is 2.40. The van der Waals surface area contributed by atoms with Crippen molar-refractivity contribution in [2.45, 2.75) is 19.8 Å². The van der Waals surface area contributed by atoms with E-state index in [9.17, 15) is 9.00 Å². The van der Waals surface area contributed by atoms with Gasteiger partial charge in [0.05, 0.1) is 12.1 Å². The van der Waals surface area contributed by atoms with Crippen LogP contribution in [-0.4, -0.2) is 20.8 Å². The Morgan fingerprint density at radius 2 is 2.06 bits per heavy atom. The van der Waals surface area contributed by atoms with Crippen molar-refractivity contribution in [2.24, 2.45) is 5.16 Å². The van der Waals surface area contributed by atoms with Crippen molar-refractivity contribution in [3.63, 3.8) is 0 Å². The minimum Gasteiger partial charge on any atom is -0.299 e. The average Bonchev–Trinajstić information content (AvgIpc) is 2.25. The lowest BCUT2D eigenvalue weighted by Crippen LogP contribution is -2.10. The van der Waals surface area contributed by atoms with Gasteiger partial charge in [0.2, 0.25) is 0 Å². The number of nitrogens with zero attached hydrogens (tertiary/aromatic N) is 1. The summed E-state index contributed by atoms with van der Waals surface area (Å²) < 4.78 is 22.7. The lowest BCUT2D eigenvalue weighted by atomic mass is 9.96. The fourth-order valence-corrected chi connectivity index (χ4v) is 1.45. The topological polar surface area (TPSA) is 76.0 Å². The quantitative estimate of drug-likeness (QED) is 0.494. The lowest BCUT2D eigenvalue weighted by molar-refractivity contribution is -0.117. The maximum atomic E-state index is 11.4. The van der Waals surface area contributed by atoms with Crippen LogP contribution >= 0.6 is 0 Å². The Hall–Kier alpha value is -1.53. The number of ketones is 1. The van der Waals surface area contributed by atoms with Crippen LogP contribution in [0.2, 0.25) is 0 Å². The molecule has 17 heavy (non-hydrogen) atoms. The molecule has 1 N–H and O–H groups in total. The van der Waals surface area contributed by atoms with Gasteiger partial charge >= 0.3 is 11.4 Å². The summed E-state index contributed by atoms with van der Waals surface area (Å²) >= 11 is -2.46. The van der Waals surface area contributed by atoms with Crippen LogP contribution in [0.3, 0.4) is 0 Å². The third kappa shape index (κ3) is 4.46. The Balaban J connectivity index is 2.86. The Kier molecular flexibility index (Phi) is 4.99. The number of carbonyl (C=O) groups excluding carboxylic acids is 1. The molecule has 0 radical (unpaired) electrons. The van der Waals surface area contributed by atoms with Crippen LogP contribution in [-0.2, 0) is 20.4 Å². The Bertz CT molecular complexity index is 441. The molecular formula is C11H13NO4S. The average molecular weight is 255 g/mol. The van der Waals surface area contributed by atoms with Gasteiger partial charge in [-0.15, -0.1) is 0 Å². The van der Waals surface area contributed by atoms with Gasteiger partial charge in [-0.25, -0.2) is 0 Å². The number of rotatable bonds is 5. The van der Waals surface area contributed by atoms with Gasteiger partial charge in [0.1, 0.15) is 5.78 Å². The Morgan fingerprint density at radius 1 is 1.47 bits per heavy atom. The number of Topliss-reactive ketones (excluding diaryl/α,β-unsaturated/α-hetero) is 1. The van der Waals surface area contributed by atoms with Gasteiger partial charge in [0.25, 0.3) is 0 Å². The minimum atomic E-state index is -2.46. The molecule has 0 bridgehead atoms. The van der Waals surface area contributed by atoms with Crippen molar-refractivity contribution in [2.75, 3.05) is 0 Å². The number of oxime groups is 1. The van der Waals surface area contributed by atoms with E-state index in [2.05, 4.69) is 9.44 Å². The molecule has 2 atom stereocenters. The van der Waals surface area contributed by atoms with E-state index in [0.717, 1.165) is 11.1 Å². The van der Waals surface area contributed by atoms with Gasteiger partial charge < -0.3 is 0 Å². The minimum absolute atomic E-state index is 0.120. The molecule has 0 spiro atoms. The highest BCUT2D eigenvalue weighted by molar-refractivity contribution is 7.74. The lowest BCUT2D eigenvalue weighted by Gasteiger charge is -2.08. The van der Waals surface area contributed by atoms with Crippen LogP contribution in [0.25, 0.3) is 0 Å². The molecule has 0 heterocycles. The Labute approximate surface area is 102 Å². The first-order chi connectivity index (χ1) is 8.00. The van der Waals surface area contributed by atoms with E-state index in [-0.39, 0.29) is 5.78 Å². The van der Waals surface area contributed by atoms with Crippen molar-refractivity contribution in [3.8, 4) is 0 Å². The summed E-state index contributed by atoms with van der Waals surface area (Å²) in [5.74, 6) is -0.691. The zero-order valence-electron chi connectivity index (χ0n) is 9.49. The third-order valence-electron chi connectivity index (χ3n) is 2.19. The molecule has 0 aliphatic heterocycles. The molecule has 6 heteroatoms. The molecule has 1 aromatic carbocycles. The first-order valence-corrected chi connectivity index (χ1v) is 5.92. The van der Waals surface area contributed by atoms with Crippen LogP contribution in [0.4, 0.5) is 0 Å². The van der Waals surface area contributed by atoms with Gasteiger partial charge in [-0.2, -0.15) is 4.21 Å². The van der Waals surface area contributed by atoms with Gasteiger partial charge in [-0.1, -0.05) is 35.0 Å². The second-order valence-corrected chi connectivity index (χ2v) is 4.13. The maximum absolute atomic E-state index is 11.4. The highest BCUT2D eigenvalue weighted by Gasteiger charge is 2.14. The largest absolute Gasteiger partial charge is 0.378 e. The van der Waals surface area contributed by atoms with E-state index in [0.29, 0.717) is 0 Å². The molecule has 0 saturated heterocycles. The van der Waals surface area contributed by atoms with Gasteiger partial charge in [0.15, 0.2) is 0 Å². The molecule has 0 amide bonds. The zero-order chi connectivity index (χ0) is 12.8. The van der Waals surface area contributed by atoms with Crippen LogP contribution < -0.4 is 0 Å². The number of hydrogen-bond donors (Lipinski definition) is 1. The van der Waals surface area contributed by atoms with Crippen LogP contribution in [0.5, 0.6) is 0 Å². The number of hydrogen-bond acceptors (Lipinski definition) is 4.